The molecule has 0 amide bonds. The van der Waals surface area contributed by atoms with Crippen LogP contribution in [0.15, 0.2) is 12.7 Å². The molecule has 0 aromatic carbocycles. The number of hydrogen-bond acceptors (Lipinski definition) is 9. The minimum atomic E-state index is -4.95. The van der Waals surface area contributed by atoms with Gasteiger partial charge in [0.25, 0.3) is 5.82 Å². The molecule has 4 atom stereocenters. The van der Waals surface area contributed by atoms with E-state index in [9.17, 15) is 20.0 Å². The van der Waals surface area contributed by atoms with Crippen LogP contribution in [0.5, 0.6) is 0 Å². The number of anilines is 1. The van der Waals surface area contributed by atoms with Crippen molar-refractivity contribution in [2.45, 2.75) is 24.7 Å². The Bertz CT molecular complexity index is 792. The highest BCUT2D eigenvalue weighted by Gasteiger charge is 2.47. The van der Waals surface area contributed by atoms with Crippen molar-refractivity contribution in [2.24, 2.45) is 0 Å². The molecule has 14 heteroatoms. The molecule has 4 unspecified atom stereocenters. The molecule has 0 aliphatic carbocycles. The topological polar surface area (TPSA) is 200 Å². The molecule has 0 radical (unpaired) electrons. The Morgan fingerprint density at radius 2 is 2.09 bits per heavy atom. The normalized spacial score (nSPS) is 28.5. The van der Waals surface area contributed by atoms with Gasteiger partial charge in [0.1, 0.15) is 18.5 Å². The van der Waals surface area contributed by atoms with Crippen LogP contribution in [-0.2, 0) is 13.8 Å². The third kappa shape index (κ3) is 2.74. The number of aliphatic hydroxyl groups excluding tert-OH is 2. The van der Waals surface area contributed by atoms with Gasteiger partial charge in [0.2, 0.25) is 12.0 Å². The Kier molecular flexibility index (Phi) is 3.72. The molecule has 0 spiro atoms. The highest BCUT2D eigenvalue weighted by Crippen LogP contribution is 2.43. The lowest BCUT2D eigenvalue weighted by molar-refractivity contribution is -0.592. The molecule has 0 bridgehead atoms. The standard InChI is InChI=1S/C9H12N5O8P/c10-6-3-7(12-2-14(6)17)13(1-11-3)8-4(15)5(16)9(21-8)22-23(18,19)20/h1-2,4-5,8-9,15-16H,10H2,(H2,18,19,20). The van der Waals surface area contributed by atoms with Crippen LogP contribution in [0.2, 0.25) is 0 Å². The largest absolute Gasteiger partial charge is 0.740 e. The van der Waals surface area contributed by atoms with Gasteiger partial charge in [-0.1, -0.05) is 4.98 Å². The summed E-state index contributed by atoms with van der Waals surface area (Å²) in [7, 11) is -4.95. The van der Waals surface area contributed by atoms with Gasteiger partial charge in [-0.2, -0.15) is 0 Å². The molecule has 23 heavy (non-hydrogen) atoms. The van der Waals surface area contributed by atoms with Gasteiger partial charge in [-0.3, -0.25) is 9.09 Å². The average molecular weight is 349 g/mol. The zero-order chi connectivity index (χ0) is 16.9. The number of hydrogen-bond donors (Lipinski definition) is 5. The molecule has 2 aromatic rings. The van der Waals surface area contributed by atoms with Crippen LogP contribution in [-0.4, -0.2) is 53.0 Å². The number of rotatable bonds is 3. The number of fused-ring (bicyclic) bond motifs is 1. The molecule has 3 heterocycles. The molecule has 6 N–H and O–H groups in total. The number of aliphatic hydroxyl groups is 2. The second-order valence-corrected chi connectivity index (χ2v) is 5.94. The Balaban J connectivity index is 1.96. The van der Waals surface area contributed by atoms with Crippen molar-refractivity contribution >= 4 is 24.8 Å². The van der Waals surface area contributed by atoms with E-state index in [0.29, 0.717) is 4.73 Å². The number of nitrogen functional groups attached to an aromatic ring is 1. The van der Waals surface area contributed by atoms with Crippen LogP contribution in [0.25, 0.3) is 11.2 Å². The Hall–Kier alpha value is -1.86. The summed E-state index contributed by atoms with van der Waals surface area (Å²) in [5.41, 5.74) is 5.66. The molecular weight excluding hydrogens is 337 g/mol. The number of aromatic nitrogens is 4. The fraction of sp³-hybridized carbons (Fsp3) is 0.444. The highest BCUT2D eigenvalue weighted by molar-refractivity contribution is 7.46. The minimum Gasteiger partial charge on any atom is -0.740 e. The zero-order valence-corrected chi connectivity index (χ0v) is 12.1. The minimum absolute atomic E-state index is 0.0344. The first-order chi connectivity index (χ1) is 10.7. The fourth-order valence-corrected chi connectivity index (χ4v) is 2.65. The number of phosphoric ester groups is 1. The fourth-order valence-electron chi connectivity index (χ4n) is 2.20. The van der Waals surface area contributed by atoms with E-state index in [2.05, 4.69) is 14.5 Å². The second kappa shape index (κ2) is 5.35. The van der Waals surface area contributed by atoms with E-state index in [1.807, 2.05) is 0 Å². The van der Waals surface area contributed by atoms with Crippen LogP contribution in [0.1, 0.15) is 6.23 Å². The van der Waals surface area contributed by atoms with Crippen molar-refractivity contribution < 1.29 is 38.6 Å². The van der Waals surface area contributed by atoms with Gasteiger partial charge in [-0.05, 0) is 0 Å². The van der Waals surface area contributed by atoms with E-state index < -0.39 is 32.5 Å². The first-order valence-corrected chi connectivity index (χ1v) is 7.68. The van der Waals surface area contributed by atoms with Crippen molar-refractivity contribution in [3.8, 4) is 0 Å². The number of ether oxygens (including phenoxy) is 1. The number of nitrogens with zero attached hydrogens (tertiary/aromatic N) is 4. The van der Waals surface area contributed by atoms with Crippen LogP contribution < -0.4 is 10.5 Å². The Morgan fingerprint density at radius 1 is 1.39 bits per heavy atom. The SMILES string of the molecule is Nc1c2ncn(C3OC(OP(=O)(O)O)C(O)C3O)c2nc[n+]1[O-]. The van der Waals surface area contributed by atoms with Crippen LogP contribution in [0.3, 0.4) is 0 Å². The smallest absolute Gasteiger partial charge is 0.472 e. The van der Waals surface area contributed by atoms with E-state index in [-0.39, 0.29) is 17.0 Å². The quantitative estimate of drug-likeness (QED) is 0.220. The molecule has 126 valence electrons. The van der Waals surface area contributed by atoms with Gasteiger partial charge in [0.15, 0.2) is 18.0 Å². The summed E-state index contributed by atoms with van der Waals surface area (Å²) >= 11 is 0. The van der Waals surface area contributed by atoms with Gasteiger partial charge in [-0.25, -0.2) is 14.3 Å². The summed E-state index contributed by atoms with van der Waals surface area (Å²) < 4.78 is 21.7. The van der Waals surface area contributed by atoms with E-state index in [4.69, 9.17) is 20.3 Å². The van der Waals surface area contributed by atoms with E-state index in [1.165, 1.54) is 0 Å². The number of imidazole rings is 1. The maximum Gasteiger partial charge on any atom is 0.472 e. The maximum atomic E-state index is 11.3. The molecule has 1 aliphatic heterocycles. The summed E-state index contributed by atoms with van der Waals surface area (Å²) in [4.78, 5) is 25.2. The maximum absolute atomic E-state index is 11.3. The van der Waals surface area contributed by atoms with Crippen molar-refractivity contribution in [1.82, 2.24) is 14.5 Å². The lowest BCUT2D eigenvalue weighted by atomic mass is 10.2. The predicted molar refractivity (Wildman–Crippen MR) is 70.0 cm³/mol. The molecule has 1 saturated heterocycles. The highest BCUT2D eigenvalue weighted by atomic mass is 31.2. The number of nitrogens with two attached hydrogens (primary N) is 1. The first-order valence-electron chi connectivity index (χ1n) is 6.15. The summed E-state index contributed by atoms with van der Waals surface area (Å²) in [5, 5.41) is 31.1. The first kappa shape index (κ1) is 16.0. The zero-order valence-electron chi connectivity index (χ0n) is 11.2. The summed E-state index contributed by atoms with van der Waals surface area (Å²) in [6, 6.07) is 0. The lowest BCUT2D eigenvalue weighted by Gasteiger charge is -2.15. The van der Waals surface area contributed by atoms with Crippen LogP contribution in [0, 0.1) is 5.21 Å². The van der Waals surface area contributed by atoms with E-state index >= 15 is 0 Å². The third-order valence-corrected chi connectivity index (χ3v) is 3.72. The van der Waals surface area contributed by atoms with Crippen molar-refractivity contribution in [3.63, 3.8) is 0 Å². The van der Waals surface area contributed by atoms with Gasteiger partial charge in [0.05, 0.1) is 0 Å². The van der Waals surface area contributed by atoms with Gasteiger partial charge < -0.3 is 35.7 Å². The predicted octanol–water partition coefficient (Wildman–Crippen LogP) is -2.67. The molecule has 1 fully saturated rings. The van der Waals surface area contributed by atoms with Crippen molar-refractivity contribution in [2.75, 3.05) is 5.73 Å². The van der Waals surface area contributed by atoms with Crippen molar-refractivity contribution in [1.29, 1.82) is 0 Å². The van der Waals surface area contributed by atoms with Crippen LogP contribution >= 0.6 is 7.82 Å². The second-order valence-electron chi connectivity index (χ2n) is 4.75. The molecule has 1 aliphatic rings. The average Bonchev–Trinajstić information content (AvgIpc) is 2.98. The van der Waals surface area contributed by atoms with E-state index in [0.717, 1.165) is 17.2 Å². The third-order valence-electron chi connectivity index (χ3n) is 3.24. The molecule has 13 nitrogen and oxygen atoms in total. The number of phosphoric acid groups is 1. The molecule has 3 rings (SSSR count). The van der Waals surface area contributed by atoms with Gasteiger partial charge >= 0.3 is 7.82 Å². The lowest BCUT2D eigenvalue weighted by Crippen LogP contribution is -2.33. The van der Waals surface area contributed by atoms with Gasteiger partial charge in [0, 0.05) is 0 Å². The van der Waals surface area contributed by atoms with Crippen LogP contribution in [0.4, 0.5) is 5.82 Å². The summed E-state index contributed by atoms with van der Waals surface area (Å²) in [6.45, 7) is 0. The summed E-state index contributed by atoms with van der Waals surface area (Å²) in [5.74, 6) is -0.232. The monoisotopic (exact) mass is 349 g/mol. The molecular formula is C9H12N5O8P. The summed E-state index contributed by atoms with van der Waals surface area (Å²) in [6.07, 6.45) is -4.37. The molecule has 2 aromatic heterocycles. The van der Waals surface area contributed by atoms with Crippen molar-refractivity contribution in [3.05, 3.63) is 17.9 Å². The van der Waals surface area contributed by atoms with E-state index in [1.54, 1.807) is 0 Å². The molecule has 0 saturated carbocycles. The Labute approximate surface area is 127 Å². The Morgan fingerprint density at radius 3 is 2.74 bits per heavy atom. The van der Waals surface area contributed by atoms with Gasteiger partial charge in [-0.15, -0.1) is 0 Å².